The lowest BCUT2D eigenvalue weighted by Gasteiger charge is -2.46. The van der Waals surface area contributed by atoms with E-state index in [1.165, 1.54) is 6.92 Å². The second-order valence-electron chi connectivity index (χ2n) is 24.3. The Bertz CT molecular complexity index is 1550. The third kappa shape index (κ3) is 20.7. The van der Waals surface area contributed by atoms with Crippen LogP contribution in [0, 0.1) is 11.8 Å². The van der Waals surface area contributed by atoms with Crippen molar-refractivity contribution in [2.45, 2.75) is 251 Å². The van der Waals surface area contributed by atoms with E-state index in [-0.39, 0.29) is 80.9 Å². The van der Waals surface area contributed by atoms with Crippen molar-refractivity contribution in [1.29, 1.82) is 0 Å². The minimum atomic E-state index is -1.38. The molecule has 0 aliphatic carbocycles. The van der Waals surface area contributed by atoms with Crippen LogP contribution < -0.4 is 21.3 Å². The zero-order valence-electron chi connectivity index (χ0n) is 43.5. The topological polar surface area (TPSA) is 217 Å². The van der Waals surface area contributed by atoms with Crippen LogP contribution in [0.25, 0.3) is 0 Å². The van der Waals surface area contributed by atoms with Gasteiger partial charge in [0.05, 0.1) is 26.7 Å². The summed E-state index contributed by atoms with van der Waals surface area (Å²) in [4.78, 5) is 73.2. The van der Waals surface area contributed by atoms with Gasteiger partial charge in [0.1, 0.15) is 24.1 Å². The Morgan fingerprint density at radius 3 is 0.923 bits per heavy atom. The molecule has 4 heterocycles. The van der Waals surface area contributed by atoms with Crippen LogP contribution >= 0.6 is 0 Å². The lowest BCUT2D eigenvalue weighted by atomic mass is 9.80. The number of carbonyl (C=O) groups excluding carboxylic acids is 6. The Morgan fingerprint density at radius 2 is 0.677 bits per heavy atom. The lowest BCUT2D eigenvalue weighted by Crippen LogP contribution is -2.60. The molecule has 4 aliphatic rings. The molecule has 4 fully saturated rings. The van der Waals surface area contributed by atoms with Crippen molar-refractivity contribution in [3.63, 3.8) is 0 Å². The highest BCUT2D eigenvalue weighted by atomic mass is 16.6. The van der Waals surface area contributed by atoms with Crippen molar-refractivity contribution in [3.8, 4) is 0 Å². The molecule has 4 aliphatic heterocycles. The van der Waals surface area contributed by atoms with Crippen LogP contribution in [0.2, 0.25) is 0 Å². The number of aliphatic hydroxyl groups is 1. The molecule has 0 amide bonds. The quantitative estimate of drug-likeness (QED) is 0.0945. The summed E-state index contributed by atoms with van der Waals surface area (Å²) in [6, 6.07) is 0. The molecular weight excluding hydrogens is 837 g/mol. The van der Waals surface area contributed by atoms with E-state index in [2.05, 4.69) is 142 Å². The molecule has 0 spiro atoms. The maximum Gasteiger partial charge on any atom is 0.321 e. The molecule has 376 valence electrons. The summed E-state index contributed by atoms with van der Waals surface area (Å²) < 4.78 is 26.5. The van der Waals surface area contributed by atoms with Crippen LogP contribution in [0.15, 0.2) is 0 Å². The molecule has 0 unspecified atom stereocenters. The second kappa shape index (κ2) is 21.8. The number of rotatable bonds is 11. The Kier molecular flexibility index (Phi) is 19.5. The van der Waals surface area contributed by atoms with Crippen molar-refractivity contribution in [2.75, 3.05) is 14.2 Å². The number of ketones is 1. The van der Waals surface area contributed by atoms with Gasteiger partial charge in [-0.2, -0.15) is 0 Å². The van der Waals surface area contributed by atoms with E-state index in [9.17, 15) is 33.9 Å². The standard InChI is InChI=1S/C32H57N3O6.C9H19NO.C8H12O5/c1-27(2)14-20(15-28(3,4)33-27)39-24(36)13-23(25(37)40-21-16-29(5,6)34-30(7,8)17-21)26(38)41-22-18-31(9,10)35-32(11,12)19-22;1-8(2)5-7(11)6-9(3,4)10-8;1-5(9)4-6(7(10)12-2)8(11)13-3/h20-23,33-35H,13-19H2,1-12H3;7,10-11H,5-6H2,1-4H3;6H,4H2,1-3H3. The number of methoxy groups -OCH3 is 2. The first kappa shape index (κ1) is 57.9. The van der Waals surface area contributed by atoms with Crippen LogP contribution in [0.5, 0.6) is 0 Å². The summed E-state index contributed by atoms with van der Waals surface area (Å²) in [5.74, 6) is -6.29. The number of esters is 5. The lowest BCUT2D eigenvalue weighted by molar-refractivity contribution is -0.177. The Labute approximate surface area is 390 Å². The third-order valence-corrected chi connectivity index (χ3v) is 11.9. The molecule has 65 heavy (non-hydrogen) atoms. The predicted molar refractivity (Wildman–Crippen MR) is 249 cm³/mol. The van der Waals surface area contributed by atoms with Crippen LogP contribution in [0.1, 0.15) is 182 Å². The van der Waals surface area contributed by atoms with E-state index in [0.717, 1.165) is 27.1 Å². The molecule has 0 bridgehead atoms. The van der Waals surface area contributed by atoms with Gasteiger partial charge < -0.3 is 50.1 Å². The largest absolute Gasteiger partial charge is 0.468 e. The van der Waals surface area contributed by atoms with Gasteiger partial charge in [0.2, 0.25) is 0 Å². The van der Waals surface area contributed by atoms with Gasteiger partial charge in [0, 0.05) is 89.3 Å². The highest BCUT2D eigenvalue weighted by molar-refractivity contribution is 5.99. The molecule has 0 saturated carbocycles. The second-order valence-corrected chi connectivity index (χ2v) is 24.3. The normalized spacial score (nSPS) is 24.2. The summed E-state index contributed by atoms with van der Waals surface area (Å²) in [7, 11) is 2.30. The molecule has 5 N–H and O–H groups in total. The number of piperidine rings is 4. The van der Waals surface area contributed by atoms with E-state index < -0.39 is 48.1 Å². The van der Waals surface area contributed by atoms with E-state index in [4.69, 9.17) is 14.2 Å². The number of Topliss-reactive ketones (excluding diaryl/α,β-unsaturated/α-hetero) is 1. The molecule has 16 heteroatoms. The number of aliphatic hydroxyl groups excluding tert-OH is 1. The average molecular weight is 925 g/mol. The molecule has 0 aromatic carbocycles. The SMILES string of the molecule is CC1(C)CC(O)CC(C)(C)N1.CC1(C)CC(OC(=O)CC(C(=O)OC2CC(C)(C)NC(C)(C)C2)C(=O)OC2CC(C)(C)NC(C)(C)C2)CC(C)(C)N1.COC(=O)C(CC(C)=O)C(=O)OC. The fourth-order valence-corrected chi connectivity index (χ4v) is 11.2. The van der Waals surface area contributed by atoms with Crippen LogP contribution in [-0.4, -0.2) is 124 Å². The van der Waals surface area contributed by atoms with Crippen molar-refractivity contribution >= 4 is 35.6 Å². The van der Waals surface area contributed by atoms with E-state index in [1.54, 1.807) is 0 Å². The minimum absolute atomic E-state index is 0.0845. The van der Waals surface area contributed by atoms with Gasteiger partial charge in [0.15, 0.2) is 11.8 Å². The first-order valence-corrected chi connectivity index (χ1v) is 23.3. The maximum absolute atomic E-state index is 13.6. The van der Waals surface area contributed by atoms with Crippen LogP contribution in [-0.2, 0) is 52.5 Å². The number of ether oxygens (including phenoxy) is 5. The molecule has 4 rings (SSSR count). The van der Waals surface area contributed by atoms with Gasteiger partial charge in [-0.25, -0.2) is 0 Å². The summed E-state index contributed by atoms with van der Waals surface area (Å²) in [5, 5.41) is 23.8. The minimum Gasteiger partial charge on any atom is -0.468 e. The molecule has 0 radical (unpaired) electrons. The highest BCUT2D eigenvalue weighted by Gasteiger charge is 2.46. The van der Waals surface area contributed by atoms with E-state index >= 15 is 0 Å². The fraction of sp³-hybridized carbons (Fsp3) is 0.878. The van der Waals surface area contributed by atoms with E-state index in [1.807, 2.05) is 0 Å². The van der Waals surface area contributed by atoms with Gasteiger partial charge in [-0.3, -0.25) is 28.8 Å². The van der Waals surface area contributed by atoms with Crippen molar-refractivity contribution < 1.29 is 57.6 Å². The monoisotopic (exact) mass is 925 g/mol. The maximum atomic E-state index is 13.6. The van der Waals surface area contributed by atoms with Gasteiger partial charge in [0.25, 0.3) is 0 Å². The Hall–Kier alpha value is -3.18. The Morgan fingerprint density at radius 1 is 0.431 bits per heavy atom. The fourth-order valence-electron chi connectivity index (χ4n) is 11.2. The number of hydrogen-bond donors (Lipinski definition) is 5. The van der Waals surface area contributed by atoms with Crippen LogP contribution in [0.3, 0.4) is 0 Å². The average Bonchev–Trinajstić information content (AvgIpc) is 3.03. The molecule has 0 aromatic rings. The third-order valence-electron chi connectivity index (χ3n) is 11.9. The predicted octanol–water partition coefficient (Wildman–Crippen LogP) is 5.77. The van der Waals surface area contributed by atoms with Gasteiger partial charge in [-0.05, 0) is 131 Å². The van der Waals surface area contributed by atoms with Gasteiger partial charge in [-0.1, -0.05) is 0 Å². The number of nitrogens with one attached hydrogen (secondary N) is 4. The van der Waals surface area contributed by atoms with Gasteiger partial charge >= 0.3 is 29.8 Å². The molecule has 4 saturated heterocycles. The summed E-state index contributed by atoms with van der Waals surface area (Å²) in [6.07, 6.45) is 3.58. The first-order valence-electron chi connectivity index (χ1n) is 23.3. The van der Waals surface area contributed by atoms with E-state index in [0.29, 0.717) is 38.5 Å². The summed E-state index contributed by atoms with van der Waals surface area (Å²) in [6.45, 7) is 34.7. The molecular formula is C49H88N4O12. The zero-order valence-corrected chi connectivity index (χ0v) is 43.5. The summed E-state index contributed by atoms with van der Waals surface area (Å²) in [5.41, 5.74) is -1.25. The summed E-state index contributed by atoms with van der Waals surface area (Å²) >= 11 is 0. The van der Waals surface area contributed by atoms with Crippen molar-refractivity contribution in [3.05, 3.63) is 0 Å². The van der Waals surface area contributed by atoms with Gasteiger partial charge in [-0.15, -0.1) is 0 Å². The smallest absolute Gasteiger partial charge is 0.321 e. The number of hydrogen-bond acceptors (Lipinski definition) is 16. The van der Waals surface area contributed by atoms with Crippen molar-refractivity contribution in [2.24, 2.45) is 11.8 Å². The van der Waals surface area contributed by atoms with Crippen LogP contribution in [0.4, 0.5) is 0 Å². The molecule has 0 aromatic heterocycles. The highest BCUT2D eigenvalue weighted by Crippen LogP contribution is 2.35. The molecule has 0 atom stereocenters. The molecule has 16 nitrogen and oxygen atoms in total. The Balaban J connectivity index is 0.000000490. The zero-order chi connectivity index (χ0) is 50.4. The number of carbonyl (C=O) groups is 6. The van der Waals surface area contributed by atoms with Crippen molar-refractivity contribution in [1.82, 2.24) is 21.3 Å². The first-order chi connectivity index (χ1) is 29.2.